The summed E-state index contributed by atoms with van der Waals surface area (Å²) in [5.74, 6) is -0.779. The van der Waals surface area contributed by atoms with E-state index in [9.17, 15) is 9.18 Å². The average Bonchev–Trinajstić information content (AvgIpc) is 2.82. The van der Waals surface area contributed by atoms with Crippen molar-refractivity contribution < 1.29 is 9.18 Å². The summed E-state index contributed by atoms with van der Waals surface area (Å²) in [5, 5.41) is 7.55. The van der Waals surface area contributed by atoms with E-state index in [0.717, 1.165) is 21.4 Å². The van der Waals surface area contributed by atoms with Gasteiger partial charge in [-0.2, -0.15) is 9.49 Å². The maximum atomic E-state index is 14.1. The average molecular weight is 372 g/mol. The van der Waals surface area contributed by atoms with E-state index in [2.05, 4.69) is 10.4 Å². The Balaban J connectivity index is 1.88. The minimum atomic E-state index is -0.487. The number of anilines is 1. The van der Waals surface area contributed by atoms with Crippen LogP contribution in [0.1, 0.15) is 16.8 Å². The first-order chi connectivity index (χ1) is 12.4. The number of nitrogens with one attached hydrogen (secondary N) is 1. The van der Waals surface area contributed by atoms with Gasteiger partial charge >= 0.3 is 0 Å². The van der Waals surface area contributed by atoms with E-state index in [0.29, 0.717) is 22.0 Å². The van der Waals surface area contributed by atoms with Crippen LogP contribution in [0.2, 0.25) is 5.02 Å². The second kappa shape index (κ2) is 7.30. The van der Waals surface area contributed by atoms with Gasteiger partial charge < -0.3 is 5.32 Å². The quantitative estimate of drug-likeness (QED) is 0.724. The largest absolute Gasteiger partial charge is 0.325 e. The van der Waals surface area contributed by atoms with E-state index in [1.807, 2.05) is 49.4 Å². The van der Waals surface area contributed by atoms with E-state index < -0.39 is 5.95 Å². The molecular formula is C20H19ClFN3O. The number of aryl methyl sites for hydroxylation is 3. The second-order valence-corrected chi connectivity index (χ2v) is 6.64. The van der Waals surface area contributed by atoms with Gasteiger partial charge in [0.05, 0.1) is 12.1 Å². The topological polar surface area (TPSA) is 46.9 Å². The zero-order chi connectivity index (χ0) is 18.8. The molecule has 0 aliphatic heterocycles. The van der Waals surface area contributed by atoms with Crippen molar-refractivity contribution in [2.24, 2.45) is 7.05 Å². The van der Waals surface area contributed by atoms with Crippen LogP contribution in [0.5, 0.6) is 0 Å². The lowest BCUT2D eigenvalue weighted by atomic mass is 9.99. The third kappa shape index (κ3) is 3.63. The summed E-state index contributed by atoms with van der Waals surface area (Å²) < 4.78 is 15.2. The van der Waals surface area contributed by atoms with Crippen molar-refractivity contribution in [3.63, 3.8) is 0 Å². The normalized spacial score (nSPS) is 10.8. The molecule has 0 aliphatic rings. The molecule has 4 nitrogen and oxygen atoms in total. The van der Waals surface area contributed by atoms with Crippen LogP contribution in [0.15, 0.2) is 42.5 Å². The van der Waals surface area contributed by atoms with Gasteiger partial charge in [0.25, 0.3) is 0 Å². The van der Waals surface area contributed by atoms with Gasteiger partial charge in [0, 0.05) is 28.9 Å². The maximum Gasteiger partial charge on any atom is 0.229 e. The predicted molar refractivity (Wildman–Crippen MR) is 102 cm³/mol. The van der Waals surface area contributed by atoms with Gasteiger partial charge in [0.2, 0.25) is 11.9 Å². The highest BCUT2D eigenvalue weighted by Gasteiger charge is 2.17. The number of hydrogen-bond donors (Lipinski definition) is 1. The molecular weight excluding hydrogens is 353 g/mol. The second-order valence-electron chi connectivity index (χ2n) is 6.21. The molecule has 1 aromatic heterocycles. The number of rotatable bonds is 4. The van der Waals surface area contributed by atoms with Gasteiger partial charge in [-0.1, -0.05) is 35.9 Å². The molecule has 6 heteroatoms. The van der Waals surface area contributed by atoms with E-state index in [1.165, 1.54) is 7.05 Å². The van der Waals surface area contributed by atoms with E-state index in [1.54, 1.807) is 6.92 Å². The van der Waals surface area contributed by atoms with Gasteiger partial charge in [-0.15, -0.1) is 0 Å². The number of halogens is 2. The summed E-state index contributed by atoms with van der Waals surface area (Å²) in [5.41, 5.74) is 4.37. The Kier molecular flexibility index (Phi) is 5.09. The fraction of sp³-hybridized carbons (Fsp3) is 0.200. The summed E-state index contributed by atoms with van der Waals surface area (Å²) in [7, 11) is 1.52. The Morgan fingerprint density at radius 1 is 1.19 bits per heavy atom. The molecule has 0 atom stereocenters. The van der Waals surface area contributed by atoms with E-state index in [4.69, 9.17) is 11.6 Å². The molecule has 0 spiro atoms. The minimum absolute atomic E-state index is 0.0700. The third-order valence-corrected chi connectivity index (χ3v) is 4.52. The molecule has 0 saturated heterocycles. The third-order valence-electron chi connectivity index (χ3n) is 4.29. The molecule has 134 valence electrons. The molecule has 0 fully saturated rings. The highest BCUT2D eigenvalue weighted by atomic mass is 35.5. The van der Waals surface area contributed by atoms with Crippen molar-refractivity contribution >= 4 is 23.2 Å². The SMILES string of the molecule is Cc1cc(Cl)ccc1-c1ccccc1NC(=O)Cc1c(C)nn(C)c1F. The van der Waals surface area contributed by atoms with Crippen molar-refractivity contribution in [1.82, 2.24) is 9.78 Å². The number of carbonyl (C=O) groups excluding carboxylic acids is 1. The lowest BCUT2D eigenvalue weighted by molar-refractivity contribution is -0.115. The van der Waals surface area contributed by atoms with Crippen molar-refractivity contribution in [2.45, 2.75) is 20.3 Å². The Bertz CT molecular complexity index is 981. The molecule has 0 unspecified atom stereocenters. The van der Waals surface area contributed by atoms with Crippen molar-refractivity contribution in [3.8, 4) is 11.1 Å². The summed E-state index contributed by atoms with van der Waals surface area (Å²) in [4.78, 5) is 12.5. The molecule has 3 aromatic rings. The molecule has 1 amide bonds. The lowest BCUT2D eigenvalue weighted by Gasteiger charge is -2.13. The summed E-state index contributed by atoms with van der Waals surface area (Å²) in [6.07, 6.45) is -0.0700. The molecule has 2 aromatic carbocycles. The van der Waals surface area contributed by atoms with Crippen molar-refractivity contribution in [1.29, 1.82) is 0 Å². The van der Waals surface area contributed by atoms with Crippen LogP contribution < -0.4 is 5.32 Å². The van der Waals surface area contributed by atoms with E-state index >= 15 is 0 Å². The Morgan fingerprint density at radius 2 is 1.92 bits per heavy atom. The smallest absolute Gasteiger partial charge is 0.229 e. The van der Waals surface area contributed by atoms with Gasteiger partial charge in [0.1, 0.15) is 0 Å². The Morgan fingerprint density at radius 3 is 2.58 bits per heavy atom. The number of para-hydroxylation sites is 1. The number of benzene rings is 2. The van der Waals surface area contributed by atoms with Gasteiger partial charge in [0.15, 0.2) is 0 Å². The zero-order valence-corrected chi connectivity index (χ0v) is 15.6. The molecule has 0 aliphatic carbocycles. The number of aromatic nitrogens is 2. The highest BCUT2D eigenvalue weighted by molar-refractivity contribution is 6.30. The van der Waals surface area contributed by atoms with Crippen LogP contribution in [0.3, 0.4) is 0 Å². The van der Waals surface area contributed by atoms with Crippen LogP contribution >= 0.6 is 11.6 Å². The van der Waals surface area contributed by atoms with Crippen LogP contribution in [-0.4, -0.2) is 15.7 Å². The standard InChI is InChI=1S/C20H19ClFN3O/c1-12-10-14(21)8-9-15(12)16-6-4-5-7-18(16)23-19(26)11-17-13(2)24-25(3)20(17)22/h4-10H,11H2,1-3H3,(H,23,26). The van der Waals surface area contributed by atoms with Crippen molar-refractivity contribution in [2.75, 3.05) is 5.32 Å². The minimum Gasteiger partial charge on any atom is -0.325 e. The molecule has 0 saturated carbocycles. The first-order valence-corrected chi connectivity index (χ1v) is 8.58. The first-order valence-electron chi connectivity index (χ1n) is 8.20. The van der Waals surface area contributed by atoms with Crippen LogP contribution in [-0.2, 0) is 18.3 Å². The van der Waals surface area contributed by atoms with Crippen LogP contribution in [0, 0.1) is 19.8 Å². The summed E-state index contributed by atoms with van der Waals surface area (Å²) in [6, 6.07) is 13.1. The molecule has 26 heavy (non-hydrogen) atoms. The highest BCUT2D eigenvalue weighted by Crippen LogP contribution is 2.32. The fourth-order valence-electron chi connectivity index (χ4n) is 2.99. The molecule has 1 N–H and O–H groups in total. The van der Waals surface area contributed by atoms with Gasteiger partial charge in [-0.3, -0.25) is 4.79 Å². The fourth-order valence-corrected chi connectivity index (χ4v) is 3.21. The Labute approximate surface area is 156 Å². The summed E-state index contributed by atoms with van der Waals surface area (Å²) in [6.45, 7) is 3.66. The van der Waals surface area contributed by atoms with Crippen LogP contribution in [0.4, 0.5) is 10.1 Å². The monoisotopic (exact) mass is 371 g/mol. The van der Waals surface area contributed by atoms with Gasteiger partial charge in [-0.05, 0) is 43.2 Å². The molecule has 1 heterocycles. The Hall–Kier alpha value is -2.66. The van der Waals surface area contributed by atoms with Gasteiger partial charge in [-0.25, -0.2) is 4.68 Å². The number of amides is 1. The zero-order valence-electron chi connectivity index (χ0n) is 14.8. The molecule has 0 bridgehead atoms. The van der Waals surface area contributed by atoms with Crippen molar-refractivity contribution in [3.05, 3.63) is 70.3 Å². The lowest BCUT2D eigenvalue weighted by Crippen LogP contribution is -2.16. The number of nitrogens with zero attached hydrogens (tertiary/aromatic N) is 2. The first kappa shape index (κ1) is 18.1. The van der Waals surface area contributed by atoms with E-state index in [-0.39, 0.29) is 12.3 Å². The predicted octanol–water partition coefficient (Wildman–Crippen LogP) is 4.68. The molecule has 0 radical (unpaired) electrons. The van der Waals surface area contributed by atoms with Crippen LogP contribution in [0.25, 0.3) is 11.1 Å². The molecule has 3 rings (SSSR count). The maximum absolute atomic E-state index is 14.1. The summed E-state index contributed by atoms with van der Waals surface area (Å²) >= 11 is 6.04. The number of hydrogen-bond acceptors (Lipinski definition) is 2. The number of carbonyl (C=O) groups is 1.